The Bertz CT molecular complexity index is 819. The van der Waals surface area contributed by atoms with Crippen LogP contribution in [0.5, 0.6) is 0 Å². The van der Waals surface area contributed by atoms with Crippen molar-refractivity contribution < 1.29 is 0 Å². The Morgan fingerprint density at radius 1 is 0.500 bits per heavy atom. The Hall–Kier alpha value is -2.54. The molecule has 0 aliphatic carbocycles. The molecule has 0 aliphatic rings. The van der Waals surface area contributed by atoms with Gasteiger partial charge in [-0.2, -0.15) is 0 Å². The Morgan fingerprint density at radius 2 is 0.958 bits per heavy atom. The van der Waals surface area contributed by atoms with Gasteiger partial charge in [0.15, 0.2) is 0 Å². The molecule has 122 valence electrons. The Kier molecular flexibility index (Phi) is 4.44. The third-order valence-corrected chi connectivity index (χ3v) is 4.40. The fourth-order valence-electron chi connectivity index (χ4n) is 3.31. The summed E-state index contributed by atoms with van der Waals surface area (Å²) < 4.78 is 0. The zero-order valence-corrected chi connectivity index (χ0v) is 15.2. The highest BCUT2D eigenvalue weighted by Gasteiger charge is 2.06. The molecule has 1 heteroatoms. The summed E-state index contributed by atoms with van der Waals surface area (Å²) in [5.41, 5.74) is 10.2. The average molecular weight is 315 g/mol. The van der Waals surface area contributed by atoms with Crippen molar-refractivity contribution in [3.63, 3.8) is 0 Å². The SMILES string of the molecule is Cc1cc(C)cc(-c2ccc(N(C)c3cc(C)cc(C)c3)cc2)c1. The van der Waals surface area contributed by atoms with Crippen molar-refractivity contribution in [2.75, 3.05) is 11.9 Å². The molecule has 0 radical (unpaired) electrons. The molecule has 24 heavy (non-hydrogen) atoms. The number of hydrogen-bond acceptors (Lipinski definition) is 1. The van der Waals surface area contributed by atoms with Gasteiger partial charge < -0.3 is 4.90 Å². The molecule has 3 aromatic rings. The Labute approximate surface area is 145 Å². The van der Waals surface area contributed by atoms with Crippen LogP contribution in [0.1, 0.15) is 22.3 Å². The maximum Gasteiger partial charge on any atom is 0.0413 e. The second-order valence-electron chi connectivity index (χ2n) is 6.83. The van der Waals surface area contributed by atoms with Crippen molar-refractivity contribution in [2.24, 2.45) is 0 Å². The normalized spacial score (nSPS) is 10.7. The maximum absolute atomic E-state index is 2.25. The molecule has 0 saturated carbocycles. The van der Waals surface area contributed by atoms with Gasteiger partial charge in [-0.1, -0.05) is 47.5 Å². The summed E-state index contributed by atoms with van der Waals surface area (Å²) in [5, 5.41) is 0. The minimum Gasteiger partial charge on any atom is -0.345 e. The van der Waals surface area contributed by atoms with E-state index >= 15 is 0 Å². The number of anilines is 2. The van der Waals surface area contributed by atoms with Crippen molar-refractivity contribution in [3.05, 3.63) is 82.9 Å². The van der Waals surface area contributed by atoms with E-state index in [1.807, 2.05) is 0 Å². The van der Waals surface area contributed by atoms with Crippen LogP contribution >= 0.6 is 0 Å². The number of hydrogen-bond donors (Lipinski definition) is 0. The quantitative estimate of drug-likeness (QED) is 0.544. The van der Waals surface area contributed by atoms with E-state index in [9.17, 15) is 0 Å². The van der Waals surface area contributed by atoms with Gasteiger partial charge in [-0.15, -0.1) is 0 Å². The van der Waals surface area contributed by atoms with Gasteiger partial charge in [-0.25, -0.2) is 0 Å². The minimum atomic E-state index is 1.20. The summed E-state index contributed by atoms with van der Waals surface area (Å²) >= 11 is 0. The third-order valence-electron chi connectivity index (χ3n) is 4.40. The topological polar surface area (TPSA) is 3.24 Å². The van der Waals surface area contributed by atoms with Crippen LogP contribution in [0.25, 0.3) is 11.1 Å². The number of benzene rings is 3. The second-order valence-corrected chi connectivity index (χ2v) is 6.83. The van der Waals surface area contributed by atoms with Crippen molar-refractivity contribution in [1.29, 1.82) is 0 Å². The zero-order valence-electron chi connectivity index (χ0n) is 15.2. The van der Waals surface area contributed by atoms with Crippen molar-refractivity contribution in [2.45, 2.75) is 27.7 Å². The molecule has 0 fully saturated rings. The van der Waals surface area contributed by atoms with Gasteiger partial charge in [0.2, 0.25) is 0 Å². The minimum absolute atomic E-state index is 1.20. The first kappa shape index (κ1) is 16.3. The molecule has 0 amide bonds. The largest absolute Gasteiger partial charge is 0.345 e. The Balaban J connectivity index is 1.91. The number of aryl methyl sites for hydroxylation is 4. The van der Waals surface area contributed by atoms with Gasteiger partial charge >= 0.3 is 0 Å². The van der Waals surface area contributed by atoms with Gasteiger partial charge in [0, 0.05) is 18.4 Å². The van der Waals surface area contributed by atoms with Crippen LogP contribution in [0.3, 0.4) is 0 Å². The third kappa shape index (κ3) is 3.51. The van der Waals surface area contributed by atoms with E-state index in [0.717, 1.165) is 0 Å². The van der Waals surface area contributed by atoms with Crippen LogP contribution < -0.4 is 4.90 Å². The van der Waals surface area contributed by atoms with E-state index in [0.29, 0.717) is 0 Å². The van der Waals surface area contributed by atoms with Gasteiger partial charge in [-0.3, -0.25) is 0 Å². The fraction of sp³-hybridized carbons (Fsp3) is 0.217. The van der Waals surface area contributed by atoms with Gasteiger partial charge in [0.1, 0.15) is 0 Å². The van der Waals surface area contributed by atoms with Gasteiger partial charge in [-0.05, 0) is 74.2 Å². The number of nitrogens with zero attached hydrogens (tertiary/aromatic N) is 1. The van der Waals surface area contributed by atoms with E-state index in [1.165, 1.54) is 44.8 Å². The summed E-state index contributed by atoms with van der Waals surface area (Å²) in [6.07, 6.45) is 0. The predicted molar refractivity (Wildman–Crippen MR) is 105 cm³/mol. The van der Waals surface area contributed by atoms with E-state index < -0.39 is 0 Å². The predicted octanol–water partition coefficient (Wildman–Crippen LogP) is 6.36. The van der Waals surface area contributed by atoms with Crippen molar-refractivity contribution in [1.82, 2.24) is 0 Å². The van der Waals surface area contributed by atoms with Crippen molar-refractivity contribution >= 4 is 11.4 Å². The maximum atomic E-state index is 2.25. The molecule has 0 bridgehead atoms. The van der Waals surface area contributed by atoms with Crippen LogP contribution in [0.4, 0.5) is 11.4 Å². The highest BCUT2D eigenvalue weighted by molar-refractivity contribution is 5.70. The van der Waals surface area contributed by atoms with E-state index in [2.05, 4.69) is 100 Å². The highest BCUT2D eigenvalue weighted by Crippen LogP contribution is 2.29. The molecule has 0 aromatic heterocycles. The molecule has 0 saturated heterocycles. The van der Waals surface area contributed by atoms with E-state index in [1.54, 1.807) is 0 Å². The molecule has 1 nitrogen and oxygen atoms in total. The molecule has 3 rings (SSSR count). The standard InChI is InChI=1S/C23H25N/c1-16-10-17(2)13-21(12-16)20-6-8-22(9-7-20)24(5)23-14-18(3)11-19(4)15-23/h6-15H,1-5H3. The molecular weight excluding hydrogens is 290 g/mol. The molecule has 0 aliphatic heterocycles. The van der Waals surface area contributed by atoms with Gasteiger partial charge in [0.25, 0.3) is 0 Å². The van der Waals surface area contributed by atoms with Crippen LogP contribution in [-0.4, -0.2) is 7.05 Å². The van der Waals surface area contributed by atoms with E-state index in [-0.39, 0.29) is 0 Å². The summed E-state index contributed by atoms with van der Waals surface area (Å²) in [4.78, 5) is 2.24. The Morgan fingerprint density at radius 3 is 1.46 bits per heavy atom. The first-order valence-electron chi connectivity index (χ1n) is 8.43. The van der Waals surface area contributed by atoms with Crippen LogP contribution in [0.2, 0.25) is 0 Å². The molecule has 0 atom stereocenters. The second kappa shape index (κ2) is 6.52. The lowest BCUT2D eigenvalue weighted by Gasteiger charge is -2.21. The summed E-state index contributed by atoms with van der Waals surface area (Å²) in [6.45, 7) is 8.60. The highest BCUT2D eigenvalue weighted by atomic mass is 15.1. The first-order chi connectivity index (χ1) is 11.4. The summed E-state index contributed by atoms with van der Waals surface area (Å²) in [5.74, 6) is 0. The average Bonchev–Trinajstić information content (AvgIpc) is 2.52. The van der Waals surface area contributed by atoms with Crippen LogP contribution in [0, 0.1) is 27.7 Å². The summed E-state index contributed by atoms with van der Waals surface area (Å²) in [7, 11) is 2.13. The molecule has 3 aromatic carbocycles. The lowest BCUT2D eigenvalue weighted by atomic mass is 10.0. The lowest BCUT2D eigenvalue weighted by Crippen LogP contribution is -2.09. The molecule has 0 spiro atoms. The van der Waals surface area contributed by atoms with E-state index in [4.69, 9.17) is 0 Å². The molecule has 0 unspecified atom stereocenters. The van der Waals surface area contributed by atoms with Crippen LogP contribution in [0.15, 0.2) is 60.7 Å². The molecule has 0 N–H and O–H groups in total. The zero-order chi connectivity index (χ0) is 17.3. The lowest BCUT2D eigenvalue weighted by molar-refractivity contribution is 1.19. The first-order valence-corrected chi connectivity index (χ1v) is 8.43. The smallest absolute Gasteiger partial charge is 0.0413 e. The molecular formula is C23H25N. The molecule has 0 heterocycles. The van der Waals surface area contributed by atoms with Crippen molar-refractivity contribution in [3.8, 4) is 11.1 Å². The monoisotopic (exact) mass is 315 g/mol. The number of rotatable bonds is 3. The van der Waals surface area contributed by atoms with Crippen LogP contribution in [-0.2, 0) is 0 Å². The fourth-order valence-corrected chi connectivity index (χ4v) is 3.31. The summed E-state index contributed by atoms with van der Waals surface area (Å²) in [6, 6.07) is 22.2. The van der Waals surface area contributed by atoms with Gasteiger partial charge in [0.05, 0.1) is 0 Å².